The normalized spacial score (nSPS) is 13.1. The zero-order valence-corrected chi connectivity index (χ0v) is 17.6. The van der Waals surface area contributed by atoms with Crippen LogP contribution < -0.4 is 4.90 Å². The molecule has 0 spiro atoms. The number of furan rings is 1. The molecule has 1 heterocycles. The van der Waals surface area contributed by atoms with Crippen molar-refractivity contribution in [2.24, 2.45) is 0 Å². The minimum atomic E-state index is -0.598. The molecule has 0 saturated heterocycles. The van der Waals surface area contributed by atoms with Crippen LogP contribution in [0.3, 0.4) is 0 Å². The van der Waals surface area contributed by atoms with Crippen LogP contribution in [0.15, 0.2) is 65.1 Å². The summed E-state index contributed by atoms with van der Waals surface area (Å²) in [6.07, 6.45) is 0. The van der Waals surface area contributed by atoms with Crippen molar-refractivity contribution in [3.8, 4) is 0 Å². The van der Waals surface area contributed by atoms with E-state index >= 15 is 0 Å². The van der Waals surface area contributed by atoms with Gasteiger partial charge in [0.2, 0.25) is 0 Å². The number of fused-ring (bicyclic) bond motifs is 3. The summed E-state index contributed by atoms with van der Waals surface area (Å²) in [6.45, 7) is 10.5. The summed E-state index contributed by atoms with van der Waals surface area (Å²) in [7, 11) is 2.06. The lowest BCUT2D eigenvalue weighted by Crippen LogP contribution is -2.11. The number of hydrogen-bond acceptors (Lipinski definition) is 2. The van der Waals surface area contributed by atoms with E-state index in [9.17, 15) is 0 Å². The third-order valence-corrected chi connectivity index (χ3v) is 5.50. The van der Waals surface area contributed by atoms with Crippen LogP contribution in [0.25, 0.3) is 21.9 Å². The Morgan fingerprint density at radius 2 is 1.46 bits per heavy atom. The molecule has 2 nitrogen and oxygen atoms in total. The van der Waals surface area contributed by atoms with E-state index in [0.717, 1.165) is 38.9 Å². The van der Waals surface area contributed by atoms with E-state index in [1.54, 1.807) is 0 Å². The van der Waals surface area contributed by atoms with Crippen molar-refractivity contribution >= 4 is 33.3 Å². The van der Waals surface area contributed by atoms with Gasteiger partial charge in [-0.3, -0.25) is 0 Å². The van der Waals surface area contributed by atoms with E-state index in [-0.39, 0.29) is 5.41 Å². The third kappa shape index (κ3) is 3.07. The van der Waals surface area contributed by atoms with Crippen molar-refractivity contribution < 1.29 is 5.79 Å². The van der Waals surface area contributed by atoms with Crippen LogP contribution in [-0.4, -0.2) is 7.05 Å². The second-order valence-electron chi connectivity index (χ2n) is 8.79. The molecule has 0 N–H and O–H groups in total. The maximum Gasteiger partial charge on any atom is 0.159 e. The van der Waals surface area contributed by atoms with E-state index in [4.69, 9.17) is 5.79 Å². The van der Waals surface area contributed by atoms with Gasteiger partial charge in [-0.15, -0.1) is 0 Å². The summed E-state index contributed by atoms with van der Waals surface area (Å²) in [5.74, 6) is -0.598. The molecule has 0 atom stereocenters. The first-order valence-electron chi connectivity index (χ1n) is 10.4. The zero-order chi connectivity index (χ0) is 21.0. The average Bonchev–Trinajstić information content (AvgIpc) is 3.04. The highest BCUT2D eigenvalue weighted by Gasteiger charge is 2.22. The molecule has 4 rings (SSSR count). The molecular weight excluding hydrogens is 342 g/mol. The fourth-order valence-electron chi connectivity index (χ4n) is 3.82. The fourth-order valence-corrected chi connectivity index (χ4v) is 3.82. The molecule has 0 aliphatic rings. The molecule has 0 saturated carbocycles. The quantitative estimate of drug-likeness (QED) is 0.365. The van der Waals surface area contributed by atoms with E-state index in [1.165, 1.54) is 5.56 Å². The monoisotopic (exact) mass is 372 g/mol. The van der Waals surface area contributed by atoms with Gasteiger partial charge in [-0.1, -0.05) is 77.1 Å². The molecule has 1 aromatic heterocycles. The van der Waals surface area contributed by atoms with Gasteiger partial charge in [0, 0.05) is 30.4 Å². The predicted molar refractivity (Wildman–Crippen MR) is 121 cm³/mol. The second kappa shape index (κ2) is 6.70. The molecule has 3 aromatic carbocycles. The van der Waals surface area contributed by atoms with Crippen LogP contribution >= 0.6 is 0 Å². The Balaban J connectivity index is 1.86. The maximum atomic E-state index is 8.23. The van der Waals surface area contributed by atoms with Crippen LogP contribution in [0.4, 0.5) is 11.4 Å². The highest BCUT2D eigenvalue weighted by Crippen LogP contribution is 2.40. The average molecular weight is 373 g/mol. The molecular formula is C26H29NO. The van der Waals surface area contributed by atoms with E-state index in [0.29, 0.717) is 0 Å². The van der Waals surface area contributed by atoms with E-state index in [2.05, 4.69) is 81.2 Å². The summed E-state index contributed by atoms with van der Waals surface area (Å²) in [4.78, 5) is 2.15. The summed E-state index contributed by atoms with van der Waals surface area (Å²) in [5, 5.41) is 2.30. The molecule has 0 aliphatic heterocycles. The summed E-state index contributed by atoms with van der Waals surface area (Å²) < 4.78 is 14.7. The number of benzene rings is 3. The predicted octanol–water partition coefficient (Wildman–Crippen LogP) is 7.77. The van der Waals surface area contributed by atoms with Crippen molar-refractivity contribution in [2.75, 3.05) is 11.9 Å². The molecule has 0 unspecified atom stereocenters. The highest BCUT2D eigenvalue weighted by atomic mass is 16.3. The van der Waals surface area contributed by atoms with E-state index < -0.39 is 5.89 Å². The van der Waals surface area contributed by atoms with Gasteiger partial charge in [0.05, 0.1) is 5.69 Å². The Bertz CT molecular complexity index is 1170. The number of anilines is 2. The van der Waals surface area contributed by atoms with Crippen LogP contribution in [0.2, 0.25) is 0 Å². The zero-order valence-electron chi connectivity index (χ0n) is 18.6. The smallest absolute Gasteiger partial charge is 0.159 e. The van der Waals surface area contributed by atoms with Crippen molar-refractivity contribution in [1.82, 2.24) is 0 Å². The number of para-hydroxylation sites is 2. The van der Waals surface area contributed by atoms with Crippen molar-refractivity contribution in [1.29, 1.82) is 0 Å². The second-order valence-corrected chi connectivity index (χ2v) is 8.79. The standard InChI is InChI=1S/C26H29NO/c1-17(2)18-13-15-19(16-14-18)27(6)23-12-8-10-21-20-9-7-11-22(26(3,4)5)24(20)28-25(21)23/h7-17H,1-6H3/i17D. The van der Waals surface area contributed by atoms with Gasteiger partial charge in [-0.05, 0) is 35.1 Å². The topological polar surface area (TPSA) is 16.4 Å². The molecule has 2 heteroatoms. The third-order valence-electron chi connectivity index (χ3n) is 5.50. The molecule has 0 radical (unpaired) electrons. The fraction of sp³-hybridized carbons (Fsp3) is 0.308. The van der Waals surface area contributed by atoms with Crippen LogP contribution in [0, 0.1) is 0 Å². The summed E-state index contributed by atoms with van der Waals surface area (Å²) in [6, 6.07) is 21.0. The molecule has 0 amide bonds. The van der Waals surface area contributed by atoms with E-state index in [1.807, 2.05) is 26.0 Å². The minimum absolute atomic E-state index is 0.0122. The van der Waals surface area contributed by atoms with Gasteiger partial charge in [0.25, 0.3) is 0 Å². The summed E-state index contributed by atoms with van der Waals surface area (Å²) in [5.41, 5.74) is 6.23. The van der Waals surface area contributed by atoms with Crippen LogP contribution in [0.1, 0.15) is 53.0 Å². The number of hydrogen-bond donors (Lipinski definition) is 0. The Labute approximate surface area is 169 Å². The number of rotatable bonds is 3. The lowest BCUT2D eigenvalue weighted by Gasteiger charge is -2.20. The lowest BCUT2D eigenvalue weighted by molar-refractivity contribution is 0.573. The molecule has 0 bridgehead atoms. The Morgan fingerprint density at radius 3 is 2.07 bits per heavy atom. The van der Waals surface area contributed by atoms with Gasteiger partial charge in [-0.2, -0.15) is 0 Å². The van der Waals surface area contributed by atoms with Crippen molar-refractivity contribution in [3.05, 3.63) is 71.8 Å². The van der Waals surface area contributed by atoms with Crippen molar-refractivity contribution in [2.45, 2.75) is 45.9 Å². The van der Waals surface area contributed by atoms with Gasteiger partial charge in [-0.25, -0.2) is 0 Å². The first-order chi connectivity index (χ1) is 13.6. The molecule has 144 valence electrons. The Morgan fingerprint density at radius 1 is 0.857 bits per heavy atom. The van der Waals surface area contributed by atoms with Crippen LogP contribution in [0.5, 0.6) is 0 Å². The van der Waals surface area contributed by atoms with Gasteiger partial charge < -0.3 is 9.32 Å². The number of nitrogens with zero attached hydrogens (tertiary/aromatic N) is 1. The largest absolute Gasteiger partial charge is 0.454 e. The SMILES string of the molecule is [2H]C(C)(C)c1ccc(N(C)c2cccc3c2oc2c(C(C)(C)C)cccc23)cc1. The summed E-state index contributed by atoms with van der Waals surface area (Å²) >= 11 is 0. The van der Waals surface area contributed by atoms with Gasteiger partial charge >= 0.3 is 0 Å². The van der Waals surface area contributed by atoms with Gasteiger partial charge in [0.15, 0.2) is 5.58 Å². The maximum absolute atomic E-state index is 8.23. The molecule has 28 heavy (non-hydrogen) atoms. The lowest BCUT2D eigenvalue weighted by atomic mass is 9.86. The van der Waals surface area contributed by atoms with Crippen molar-refractivity contribution in [3.63, 3.8) is 0 Å². The first-order valence-corrected chi connectivity index (χ1v) is 9.86. The van der Waals surface area contributed by atoms with Gasteiger partial charge in [0.1, 0.15) is 5.58 Å². The van der Waals surface area contributed by atoms with Crippen LogP contribution in [-0.2, 0) is 5.41 Å². The Kier molecular flexibility index (Phi) is 4.16. The molecule has 0 aliphatic carbocycles. The Hall–Kier alpha value is -2.74. The first kappa shape index (κ1) is 17.4. The highest BCUT2D eigenvalue weighted by molar-refractivity contribution is 6.10. The minimum Gasteiger partial charge on any atom is -0.454 e. The molecule has 0 fully saturated rings. The molecule has 4 aromatic rings.